The Morgan fingerprint density at radius 3 is 2.48 bits per heavy atom. The van der Waals surface area contributed by atoms with E-state index in [0.29, 0.717) is 18.0 Å². The third kappa shape index (κ3) is 5.27. The first kappa shape index (κ1) is 17.3. The van der Waals surface area contributed by atoms with Crippen molar-refractivity contribution in [3.8, 4) is 6.07 Å². The van der Waals surface area contributed by atoms with Gasteiger partial charge in [0.25, 0.3) is 0 Å². The lowest BCUT2D eigenvalue weighted by molar-refractivity contribution is -0.138. The minimum atomic E-state index is -4.50. The Balaban J connectivity index is 3.02. The van der Waals surface area contributed by atoms with E-state index in [9.17, 15) is 18.3 Å². The number of nitriles is 1. The van der Waals surface area contributed by atoms with Crippen LogP contribution in [0.15, 0.2) is 18.2 Å². The second-order valence-electron chi connectivity index (χ2n) is 5.36. The summed E-state index contributed by atoms with van der Waals surface area (Å²) in [6.07, 6.45) is -4.14. The summed E-state index contributed by atoms with van der Waals surface area (Å²) in [6, 6.07) is 5.24. The molecule has 0 radical (unpaired) electrons. The molecule has 0 unspecified atom stereocenters. The third-order valence-corrected chi connectivity index (χ3v) is 3.03. The molecule has 1 aromatic carbocycles. The maximum Gasteiger partial charge on any atom is 0.416 e. The molecule has 0 heterocycles. The number of halogens is 3. The number of nitrogens with zero attached hydrogens (tertiary/aromatic N) is 1. The van der Waals surface area contributed by atoms with Crippen LogP contribution in [-0.2, 0) is 12.6 Å². The van der Waals surface area contributed by atoms with Gasteiger partial charge in [0.1, 0.15) is 0 Å². The smallest absolute Gasteiger partial charge is 0.394 e. The molecule has 3 nitrogen and oxygen atoms in total. The van der Waals surface area contributed by atoms with Crippen LogP contribution in [0.4, 0.5) is 18.9 Å². The number of anilines is 1. The van der Waals surface area contributed by atoms with Crippen molar-refractivity contribution in [2.24, 2.45) is 5.92 Å². The number of hydrogen-bond acceptors (Lipinski definition) is 3. The summed E-state index contributed by atoms with van der Waals surface area (Å²) in [5.41, 5.74) is -0.557. The molecule has 0 aliphatic heterocycles. The molecule has 6 heteroatoms. The second-order valence-corrected chi connectivity index (χ2v) is 5.36. The van der Waals surface area contributed by atoms with E-state index in [0.717, 1.165) is 6.07 Å². The van der Waals surface area contributed by atoms with Crippen molar-refractivity contribution >= 4 is 5.69 Å². The monoisotopic (exact) mass is 300 g/mol. The molecule has 0 aromatic heterocycles. The van der Waals surface area contributed by atoms with E-state index in [1.54, 1.807) is 6.07 Å². The maximum absolute atomic E-state index is 13.0. The summed E-state index contributed by atoms with van der Waals surface area (Å²) in [4.78, 5) is 0. The molecule has 1 rings (SSSR count). The van der Waals surface area contributed by atoms with Gasteiger partial charge in [0.15, 0.2) is 0 Å². The van der Waals surface area contributed by atoms with E-state index in [2.05, 4.69) is 5.32 Å². The van der Waals surface area contributed by atoms with Crippen molar-refractivity contribution < 1.29 is 18.3 Å². The van der Waals surface area contributed by atoms with E-state index in [1.165, 1.54) is 12.1 Å². The fraction of sp³-hybridized carbons (Fsp3) is 0.533. The number of aliphatic hydroxyl groups is 1. The maximum atomic E-state index is 13.0. The highest BCUT2D eigenvalue weighted by Gasteiger charge is 2.33. The molecule has 0 fully saturated rings. The topological polar surface area (TPSA) is 56.0 Å². The van der Waals surface area contributed by atoms with Crippen LogP contribution in [0.2, 0.25) is 0 Å². The largest absolute Gasteiger partial charge is 0.416 e. The molecule has 0 aliphatic rings. The van der Waals surface area contributed by atoms with Gasteiger partial charge in [-0.3, -0.25) is 0 Å². The van der Waals surface area contributed by atoms with Crippen LogP contribution in [0.3, 0.4) is 0 Å². The molecule has 0 saturated heterocycles. The lowest BCUT2D eigenvalue weighted by Crippen LogP contribution is -2.25. The highest BCUT2D eigenvalue weighted by molar-refractivity contribution is 5.51. The van der Waals surface area contributed by atoms with Gasteiger partial charge >= 0.3 is 6.18 Å². The van der Waals surface area contributed by atoms with E-state index in [4.69, 9.17) is 5.26 Å². The van der Waals surface area contributed by atoms with Crippen LogP contribution >= 0.6 is 0 Å². The first-order chi connectivity index (χ1) is 9.77. The molecule has 0 saturated carbocycles. The van der Waals surface area contributed by atoms with Crippen LogP contribution in [0, 0.1) is 17.2 Å². The number of benzene rings is 1. The average molecular weight is 300 g/mol. The molecule has 2 N–H and O–H groups in total. The molecular weight excluding hydrogens is 281 g/mol. The Kier molecular flexibility index (Phi) is 6.03. The van der Waals surface area contributed by atoms with Gasteiger partial charge in [0.05, 0.1) is 24.7 Å². The van der Waals surface area contributed by atoms with Crippen molar-refractivity contribution in [2.75, 3.05) is 11.9 Å². The third-order valence-electron chi connectivity index (χ3n) is 3.03. The Morgan fingerprint density at radius 1 is 1.33 bits per heavy atom. The molecular formula is C15H19F3N2O. The van der Waals surface area contributed by atoms with Crippen LogP contribution in [0.25, 0.3) is 0 Å². The summed E-state index contributed by atoms with van der Waals surface area (Å²) in [6.45, 7) is 3.79. The fourth-order valence-corrected chi connectivity index (χ4v) is 2.15. The zero-order chi connectivity index (χ0) is 16.0. The molecule has 1 atom stereocenters. The minimum Gasteiger partial charge on any atom is -0.394 e. The number of aliphatic hydroxyl groups excluding tert-OH is 1. The van der Waals surface area contributed by atoms with Crippen LogP contribution < -0.4 is 5.32 Å². The van der Waals surface area contributed by atoms with E-state index in [1.807, 2.05) is 13.8 Å². The molecule has 0 spiro atoms. The predicted octanol–water partition coefficient (Wildman–Crippen LogP) is 3.59. The SMILES string of the molecule is CC(C)C[C@@H](CO)Nc1ccc(CC#N)c(C(F)(F)F)c1. The van der Waals surface area contributed by atoms with E-state index >= 15 is 0 Å². The van der Waals surface area contributed by atoms with Crippen LogP contribution in [0.5, 0.6) is 0 Å². The van der Waals surface area contributed by atoms with Gasteiger partial charge in [0, 0.05) is 11.7 Å². The van der Waals surface area contributed by atoms with Gasteiger partial charge in [0.2, 0.25) is 0 Å². The summed E-state index contributed by atoms with van der Waals surface area (Å²) in [7, 11) is 0. The summed E-state index contributed by atoms with van der Waals surface area (Å²) in [5, 5.41) is 20.8. The van der Waals surface area contributed by atoms with Gasteiger partial charge in [-0.1, -0.05) is 19.9 Å². The van der Waals surface area contributed by atoms with Gasteiger partial charge in [-0.25, -0.2) is 0 Å². The first-order valence-corrected chi connectivity index (χ1v) is 6.72. The normalized spacial score (nSPS) is 13.0. The van der Waals surface area contributed by atoms with Gasteiger partial charge in [-0.15, -0.1) is 0 Å². The number of rotatable bonds is 6. The Bertz CT molecular complexity index is 507. The zero-order valence-electron chi connectivity index (χ0n) is 12.0. The van der Waals surface area contributed by atoms with Gasteiger partial charge in [-0.05, 0) is 30.0 Å². The Morgan fingerprint density at radius 2 is 2.00 bits per heavy atom. The quantitative estimate of drug-likeness (QED) is 0.844. The number of hydrogen-bond donors (Lipinski definition) is 2. The highest BCUT2D eigenvalue weighted by atomic mass is 19.4. The second kappa shape index (κ2) is 7.32. The van der Waals surface area contributed by atoms with Gasteiger partial charge in [-0.2, -0.15) is 18.4 Å². The van der Waals surface area contributed by atoms with Crippen LogP contribution in [0.1, 0.15) is 31.4 Å². The van der Waals surface area contributed by atoms with Crippen molar-refractivity contribution in [1.82, 2.24) is 0 Å². The van der Waals surface area contributed by atoms with Crippen molar-refractivity contribution in [2.45, 2.75) is 38.9 Å². The first-order valence-electron chi connectivity index (χ1n) is 6.72. The van der Waals surface area contributed by atoms with Crippen molar-refractivity contribution in [3.63, 3.8) is 0 Å². The molecule has 0 aliphatic carbocycles. The zero-order valence-corrected chi connectivity index (χ0v) is 12.0. The Labute approximate surface area is 122 Å². The number of alkyl halides is 3. The molecule has 116 valence electrons. The van der Waals surface area contributed by atoms with Gasteiger partial charge < -0.3 is 10.4 Å². The van der Waals surface area contributed by atoms with Crippen LogP contribution in [-0.4, -0.2) is 17.8 Å². The standard InChI is InChI=1S/C15H19F3N2O/c1-10(2)7-13(9-21)20-12-4-3-11(5-6-19)14(8-12)15(16,17)18/h3-4,8,10,13,20-21H,5,7,9H2,1-2H3/t13-/m0/s1. The minimum absolute atomic E-state index is 0.0417. The molecule has 21 heavy (non-hydrogen) atoms. The molecule has 0 amide bonds. The lowest BCUT2D eigenvalue weighted by Gasteiger charge is -2.21. The lowest BCUT2D eigenvalue weighted by atomic mass is 10.0. The average Bonchev–Trinajstić information content (AvgIpc) is 2.38. The molecule has 1 aromatic rings. The molecule has 0 bridgehead atoms. The highest BCUT2D eigenvalue weighted by Crippen LogP contribution is 2.34. The van der Waals surface area contributed by atoms with Crippen molar-refractivity contribution in [1.29, 1.82) is 5.26 Å². The van der Waals surface area contributed by atoms with E-state index < -0.39 is 11.7 Å². The fourth-order valence-electron chi connectivity index (χ4n) is 2.15. The predicted molar refractivity (Wildman–Crippen MR) is 74.7 cm³/mol. The Hall–Kier alpha value is -1.74. The summed E-state index contributed by atoms with van der Waals surface area (Å²) < 4.78 is 39.0. The van der Waals surface area contributed by atoms with E-state index in [-0.39, 0.29) is 24.6 Å². The summed E-state index contributed by atoms with van der Waals surface area (Å²) in [5.74, 6) is 0.314. The summed E-state index contributed by atoms with van der Waals surface area (Å²) >= 11 is 0. The number of nitrogens with one attached hydrogen (secondary N) is 1. The van der Waals surface area contributed by atoms with Crippen molar-refractivity contribution in [3.05, 3.63) is 29.3 Å².